The minimum Gasteiger partial charge on any atom is -0.326 e. The molecular weight excluding hydrogens is 308 g/mol. The van der Waals surface area contributed by atoms with Gasteiger partial charge in [0, 0.05) is 31.4 Å². The highest BCUT2D eigenvalue weighted by molar-refractivity contribution is 7.89. The molecule has 0 bridgehead atoms. The number of nitro benzene ring substituents is 1. The van der Waals surface area contributed by atoms with Crippen molar-refractivity contribution in [2.75, 3.05) is 13.1 Å². The first-order valence-corrected chi connectivity index (χ1v) is 8.13. The summed E-state index contributed by atoms with van der Waals surface area (Å²) in [5.41, 5.74) is 5.71. The van der Waals surface area contributed by atoms with Crippen LogP contribution in [-0.2, 0) is 10.0 Å². The maximum Gasteiger partial charge on any atom is 0.278 e. The van der Waals surface area contributed by atoms with Gasteiger partial charge in [0.1, 0.15) is 4.90 Å². The van der Waals surface area contributed by atoms with E-state index in [4.69, 9.17) is 5.73 Å². The summed E-state index contributed by atoms with van der Waals surface area (Å²) < 4.78 is 26.8. The second kappa shape index (κ2) is 5.27. The Labute approximate surface area is 126 Å². The molecule has 0 spiro atoms. The first-order chi connectivity index (χ1) is 10.4. The molecule has 2 heterocycles. The fourth-order valence-corrected chi connectivity index (χ4v) is 4.27. The first kappa shape index (κ1) is 14.8. The van der Waals surface area contributed by atoms with Crippen molar-refractivity contribution in [2.45, 2.75) is 17.4 Å². The predicted molar refractivity (Wildman–Crippen MR) is 79.7 cm³/mol. The summed E-state index contributed by atoms with van der Waals surface area (Å²) in [6.07, 6.45) is 2.01. The molecule has 1 aliphatic rings. The quantitative estimate of drug-likeness (QED) is 0.661. The molecule has 1 aliphatic heterocycles. The van der Waals surface area contributed by atoms with Gasteiger partial charge in [-0.2, -0.15) is 4.31 Å². The second-order valence-corrected chi connectivity index (χ2v) is 7.06. The van der Waals surface area contributed by atoms with E-state index in [2.05, 4.69) is 4.98 Å². The zero-order valence-electron chi connectivity index (χ0n) is 11.5. The van der Waals surface area contributed by atoms with Gasteiger partial charge in [-0.25, -0.2) is 8.42 Å². The average Bonchev–Trinajstić information content (AvgIpc) is 2.93. The zero-order chi connectivity index (χ0) is 15.9. The Kier molecular flexibility index (Phi) is 3.55. The molecule has 0 unspecified atom stereocenters. The third-order valence-electron chi connectivity index (χ3n) is 3.71. The molecule has 1 aromatic carbocycles. The van der Waals surface area contributed by atoms with Gasteiger partial charge in [0.05, 0.1) is 15.8 Å². The number of nitrogens with zero attached hydrogens (tertiary/aromatic N) is 3. The molecule has 9 heteroatoms. The Morgan fingerprint density at radius 2 is 2.14 bits per heavy atom. The highest BCUT2D eigenvalue weighted by Crippen LogP contribution is 2.31. The van der Waals surface area contributed by atoms with Gasteiger partial charge < -0.3 is 5.73 Å². The third-order valence-corrected chi connectivity index (χ3v) is 5.61. The van der Waals surface area contributed by atoms with E-state index >= 15 is 0 Å². The van der Waals surface area contributed by atoms with Crippen molar-refractivity contribution < 1.29 is 13.3 Å². The highest BCUT2D eigenvalue weighted by Gasteiger charge is 2.33. The minimum absolute atomic E-state index is 0.0252. The van der Waals surface area contributed by atoms with Crippen LogP contribution in [0, 0.1) is 10.1 Å². The van der Waals surface area contributed by atoms with E-state index in [-0.39, 0.29) is 34.1 Å². The molecule has 1 fully saturated rings. The molecule has 0 radical (unpaired) electrons. The summed E-state index contributed by atoms with van der Waals surface area (Å²) in [6, 6.07) is 5.29. The molecule has 0 aliphatic carbocycles. The van der Waals surface area contributed by atoms with Crippen LogP contribution < -0.4 is 5.73 Å². The van der Waals surface area contributed by atoms with E-state index in [1.807, 2.05) is 0 Å². The third kappa shape index (κ3) is 2.32. The van der Waals surface area contributed by atoms with Crippen LogP contribution in [0.1, 0.15) is 6.42 Å². The fourth-order valence-electron chi connectivity index (χ4n) is 2.61. The van der Waals surface area contributed by atoms with Gasteiger partial charge in [-0.05, 0) is 24.6 Å². The van der Waals surface area contributed by atoms with Crippen molar-refractivity contribution in [3.05, 3.63) is 40.6 Å². The molecule has 3 rings (SSSR count). The van der Waals surface area contributed by atoms with Crippen LogP contribution in [0.4, 0.5) is 5.69 Å². The molecule has 8 nitrogen and oxygen atoms in total. The number of nitrogens with two attached hydrogens (primary N) is 1. The van der Waals surface area contributed by atoms with Crippen LogP contribution in [0.2, 0.25) is 0 Å². The molecule has 116 valence electrons. The van der Waals surface area contributed by atoms with E-state index in [0.717, 1.165) is 0 Å². The number of hydrogen-bond donors (Lipinski definition) is 1. The molecule has 2 aromatic rings. The zero-order valence-corrected chi connectivity index (χ0v) is 12.4. The van der Waals surface area contributed by atoms with Gasteiger partial charge >= 0.3 is 0 Å². The number of fused-ring (bicyclic) bond motifs is 1. The normalized spacial score (nSPS) is 19.6. The fraction of sp³-hybridized carbons (Fsp3) is 0.308. The summed E-state index contributed by atoms with van der Waals surface area (Å²) in [5.74, 6) is 0. The van der Waals surface area contributed by atoms with Gasteiger partial charge in [0.15, 0.2) is 0 Å². The molecular formula is C13H14N4O4S. The van der Waals surface area contributed by atoms with Crippen LogP contribution in [-0.4, -0.2) is 41.8 Å². The average molecular weight is 322 g/mol. The molecule has 22 heavy (non-hydrogen) atoms. The van der Waals surface area contributed by atoms with E-state index in [1.165, 1.54) is 34.8 Å². The van der Waals surface area contributed by atoms with E-state index in [0.29, 0.717) is 13.0 Å². The summed E-state index contributed by atoms with van der Waals surface area (Å²) in [4.78, 5) is 14.5. The van der Waals surface area contributed by atoms with Crippen molar-refractivity contribution in [1.29, 1.82) is 0 Å². The lowest BCUT2D eigenvalue weighted by Gasteiger charge is -2.16. The van der Waals surface area contributed by atoms with Crippen molar-refractivity contribution in [1.82, 2.24) is 9.29 Å². The number of sulfonamides is 1. The van der Waals surface area contributed by atoms with Gasteiger partial charge in [-0.15, -0.1) is 0 Å². The Morgan fingerprint density at radius 3 is 2.77 bits per heavy atom. The minimum atomic E-state index is -3.77. The Bertz CT molecular complexity index is 852. The van der Waals surface area contributed by atoms with Crippen molar-refractivity contribution in [3.8, 4) is 0 Å². The standard InChI is InChI=1S/C13H14N4O4S/c14-9-5-7-16(8-9)22(20,21)12-4-3-11(17(18)19)10-2-1-6-15-13(10)12/h1-4,6,9H,5,7-8,14H2/t9-/m1/s1. The molecule has 1 atom stereocenters. The number of pyridine rings is 1. The summed E-state index contributed by atoms with van der Waals surface area (Å²) >= 11 is 0. The van der Waals surface area contributed by atoms with Gasteiger partial charge in [0.25, 0.3) is 5.69 Å². The number of hydrogen-bond acceptors (Lipinski definition) is 6. The molecule has 1 saturated heterocycles. The number of non-ortho nitro benzene ring substituents is 1. The Morgan fingerprint density at radius 1 is 1.36 bits per heavy atom. The maximum absolute atomic E-state index is 12.7. The summed E-state index contributed by atoms with van der Waals surface area (Å²) in [5, 5.41) is 11.3. The maximum atomic E-state index is 12.7. The lowest BCUT2D eigenvalue weighted by molar-refractivity contribution is -0.383. The molecule has 0 amide bonds. The number of aromatic nitrogens is 1. The molecule has 2 N–H and O–H groups in total. The van der Waals surface area contributed by atoms with Gasteiger partial charge in [0.2, 0.25) is 10.0 Å². The molecule has 1 aromatic heterocycles. The highest BCUT2D eigenvalue weighted by atomic mass is 32.2. The van der Waals surface area contributed by atoms with Crippen LogP contribution in [0.5, 0.6) is 0 Å². The van der Waals surface area contributed by atoms with E-state index in [9.17, 15) is 18.5 Å². The molecule has 0 saturated carbocycles. The SMILES string of the molecule is N[C@@H]1CCN(S(=O)(=O)c2ccc([N+](=O)[O-])c3cccnc23)C1. The van der Waals surface area contributed by atoms with E-state index in [1.54, 1.807) is 0 Å². The van der Waals surface area contributed by atoms with Crippen LogP contribution in [0.15, 0.2) is 35.4 Å². The largest absolute Gasteiger partial charge is 0.326 e. The van der Waals surface area contributed by atoms with Crippen LogP contribution in [0.3, 0.4) is 0 Å². The second-order valence-electron chi connectivity index (χ2n) is 5.15. The lowest BCUT2D eigenvalue weighted by Crippen LogP contribution is -2.32. The number of benzene rings is 1. The van der Waals surface area contributed by atoms with Gasteiger partial charge in [-0.1, -0.05) is 0 Å². The summed E-state index contributed by atoms with van der Waals surface area (Å²) in [6.45, 7) is 0.586. The first-order valence-electron chi connectivity index (χ1n) is 6.69. The van der Waals surface area contributed by atoms with Gasteiger partial charge in [-0.3, -0.25) is 15.1 Å². The van der Waals surface area contributed by atoms with Crippen molar-refractivity contribution in [3.63, 3.8) is 0 Å². The van der Waals surface area contributed by atoms with E-state index < -0.39 is 14.9 Å². The topological polar surface area (TPSA) is 119 Å². The smallest absolute Gasteiger partial charge is 0.278 e. The van der Waals surface area contributed by atoms with Crippen LogP contribution in [0.25, 0.3) is 10.9 Å². The van der Waals surface area contributed by atoms with Crippen LogP contribution >= 0.6 is 0 Å². The Hall–Kier alpha value is -2.10. The number of rotatable bonds is 3. The summed E-state index contributed by atoms with van der Waals surface area (Å²) in [7, 11) is -3.77. The lowest BCUT2D eigenvalue weighted by atomic mass is 10.2. The number of nitro groups is 1. The monoisotopic (exact) mass is 322 g/mol. The Balaban J connectivity index is 2.20. The van der Waals surface area contributed by atoms with Crippen molar-refractivity contribution in [2.24, 2.45) is 5.73 Å². The predicted octanol–water partition coefficient (Wildman–Crippen LogP) is 0.865. The van der Waals surface area contributed by atoms with Crippen molar-refractivity contribution >= 4 is 26.6 Å².